The Kier molecular flexibility index (Phi) is 3.21. The Morgan fingerprint density at radius 2 is 2.07 bits per heavy atom. The number of anilines is 1. The highest BCUT2D eigenvalue weighted by Crippen LogP contribution is 2.34. The fourth-order valence-corrected chi connectivity index (χ4v) is 1.19. The molecule has 1 aromatic rings. The van der Waals surface area contributed by atoms with Crippen molar-refractivity contribution in [3.05, 3.63) is 22.8 Å². The summed E-state index contributed by atoms with van der Waals surface area (Å²) < 4.78 is 36.7. The summed E-state index contributed by atoms with van der Waals surface area (Å²) in [7, 11) is 0. The van der Waals surface area contributed by atoms with Crippen molar-refractivity contribution in [2.24, 2.45) is 0 Å². The lowest BCUT2D eigenvalue weighted by Crippen LogP contribution is -2.08. The number of aromatic nitrogens is 1. The minimum Gasteiger partial charge on any atom is -0.370 e. The van der Waals surface area contributed by atoms with E-state index >= 15 is 0 Å². The van der Waals surface area contributed by atoms with E-state index < -0.39 is 16.9 Å². The van der Waals surface area contributed by atoms with E-state index in [2.05, 4.69) is 10.3 Å². The van der Waals surface area contributed by atoms with Crippen molar-refractivity contribution in [1.29, 1.82) is 0 Å². The second kappa shape index (κ2) is 4.04. The van der Waals surface area contributed by atoms with E-state index in [-0.39, 0.29) is 0 Å². The first-order valence-electron chi connectivity index (χ1n) is 3.92. The third-order valence-corrected chi connectivity index (χ3v) is 1.80. The molecule has 0 bridgehead atoms. The molecular formula is C8H8ClF3N2. The van der Waals surface area contributed by atoms with Crippen molar-refractivity contribution in [1.82, 2.24) is 4.98 Å². The summed E-state index contributed by atoms with van der Waals surface area (Å²) in [5.74, 6) is 0.338. The summed E-state index contributed by atoms with van der Waals surface area (Å²) in [6.45, 7) is 2.39. The van der Waals surface area contributed by atoms with Crippen molar-refractivity contribution in [3.63, 3.8) is 0 Å². The van der Waals surface area contributed by atoms with E-state index in [9.17, 15) is 13.2 Å². The van der Waals surface area contributed by atoms with Crippen molar-refractivity contribution >= 4 is 17.4 Å². The summed E-state index contributed by atoms with van der Waals surface area (Å²) >= 11 is 5.38. The maximum absolute atomic E-state index is 12.2. The largest absolute Gasteiger partial charge is 0.419 e. The first kappa shape index (κ1) is 11.1. The molecule has 14 heavy (non-hydrogen) atoms. The molecule has 0 saturated carbocycles. The van der Waals surface area contributed by atoms with Crippen LogP contribution in [0.15, 0.2) is 12.1 Å². The van der Waals surface area contributed by atoms with Crippen LogP contribution in [0.2, 0.25) is 5.15 Å². The molecule has 1 heterocycles. The van der Waals surface area contributed by atoms with Gasteiger partial charge < -0.3 is 5.32 Å². The average Bonchev–Trinajstić information content (AvgIpc) is 2.02. The number of nitrogens with one attached hydrogen (secondary N) is 1. The van der Waals surface area contributed by atoms with Crippen molar-refractivity contribution in [2.75, 3.05) is 11.9 Å². The molecule has 1 aromatic heterocycles. The summed E-state index contributed by atoms with van der Waals surface area (Å²) in [5.41, 5.74) is -0.916. The molecule has 0 aliphatic carbocycles. The lowest BCUT2D eigenvalue weighted by Gasteiger charge is -2.09. The smallest absolute Gasteiger partial charge is 0.370 e. The van der Waals surface area contributed by atoms with Crippen LogP contribution in [0.4, 0.5) is 19.0 Å². The number of hydrogen-bond acceptors (Lipinski definition) is 2. The molecule has 0 fully saturated rings. The summed E-state index contributed by atoms with van der Waals surface area (Å²) in [4.78, 5) is 3.56. The molecule has 6 heteroatoms. The second-order valence-electron chi connectivity index (χ2n) is 2.56. The normalized spacial score (nSPS) is 11.5. The van der Waals surface area contributed by atoms with Crippen LogP contribution in [0.25, 0.3) is 0 Å². The van der Waals surface area contributed by atoms with E-state index in [4.69, 9.17) is 11.6 Å². The quantitative estimate of drug-likeness (QED) is 0.781. The van der Waals surface area contributed by atoms with Crippen molar-refractivity contribution < 1.29 is 13.2 Å². The Bertz CT molecular complexity index is 325. The predicted molar refractivity (Wildman–Crippen MR) is 48.4 cm³/mol. The lowest BCUT2D eigenvalue weighted by molar-refractivity contribution is -0.137. The van der Waals surface area contributed by atoms with Crippen LogP contribution in [0.1, 0.15) is 12.5 Å². The first-order valence-corrected chi connectivity index (χ1v) is 4.30. The van der Waals surface area contributed by atoms with Gasteiger partial charge in [0.15, 0.2) is 0 Å². The van der Waals surface area contributed by atoms with E-state index in [0.29, 0.717) is 12.4 Å². The van der Waals surface area contributed by atoms with E-state index in [1.54, 1.807) is 0 Å². The third kappa shape index (κ3) is 2.51. The molecule has 2 nitrogen and oxygen atoms in total. The molecule has 78 valence electrons. The Balaban J connectivity index is 3.02. The van der Waals surface area contributed by atoms with Crippen LogP contribution in [0.5, 0.6) is 0 Å². The molecule has 0 aliphatic heterocycles. The van der Waals surface area contributed by atoms with Gasteiger partial charge in [-0.15, -0.1) is 0 Å². The average molecular weight is 225 g/mol. The first-order chi connectivity index (χ1) is 6.45. The summed E-state index contributed by atoms with van der Waals surface area (Å²) in [6.07, 6.45) is -4.45. The predicted octanol–water partition coefficient (Wildman–Crippen LogP) is 3.19. The Morgan fingerprint density at radius 1 is 1.43 bits per heavy atom. The van der Waals surface area contributed by atoms with Gasteiger partial charge >= 0.3 is 6.18 Å². The minimum absolute atomic E-state index is 0.338. The molecule has 0 aliphatic rings. The fraction of sp³-hybridized carbons (Fsp3) is 0.375. The van der Waals surface area contributed by atoms with Crippen LogP contribution in [-0.2, 0) is 6.18 Å². The van der Waals surface area contributed by atoms with Crippen molar-refractivity contribution in [2.45, 2.75) is 13.1 Å². The van der Waals surface area contributed by atoms with Gasteiger partial charge in [-0.05, 0) is 19.1 Å². The summed E-state index contributed by atoms with van der Waals surface area (Å²) in [5, 5.41) is 2.23. The van der Waals surface area contributed by atoms with Gasteiger partial charge in [0.05, 0.1) is 5.56 Å². The molecule has 0 spiro atoms. The lowest BCUT2D eigenvalue weighted by atomic mass is 10.3. The number of alkyl halides is 3. The van der Waals surface area contributed by atoms with Gasteiger partial charge in [0.1, 0.15) is 11.0 Å². The van der Waals surface area contributed by atoms with Gasteiger partial charge in [-0.1, -0.05) is 11.6 Å². The minimum atomic E-state index is -4.45. The maximum Gasteiger partial charge on any atom is 0.419 e. The fourth-order valence-electron chi connectivity index (χ4n) is 0.925. The van der Waals surface area contributed by atoms with E-state index in [1.165, 1.54) is 6.07 Å². The molecular weight excluding hydrogens is 217 g/mol. The van der Waals surface area contributed by atoms with Gasteiger partial charge in [-0.3, -0.25) is 0 Å². The Hall–Kier alpha value is -0.970. The van der Waals surface area contributed by atoms with E-state index in [0.717, 1.165) is 6.07 Å². The zero-order valence-electron chi connectivity index (χ0n) is 7.32. The zero-order valence-corrected chi connectivity index (χ0v) is 8.08. The van der Waals surface area contributed by atoms with Gasteiger partial charge in [-0.2, -0.15) is 13.2 Å². The SMILES string of the molecule is CCNc1ccc(C(F)(F)F)c(Cl)n1. The molecule has 0 amide bonds. The van der Waals surface area contributed by atoms with Crippen LogP contribution in [0, 0.1) is 0 Å². The highest BCUT2D eigenvalue weighted by molar-refractivity contribution is 6.30. The molecule has 0 radical (unpaired) electrons. The molecule has 0 aromatic carbocycles. The molecule has 0 unspecified atom stereocenters. The number of rotatable bonds is 2. The topological polar surface area (TPSA) is 24.9 Å². The zero-order chi connectivity index (χ0) is 10.8. The highest BCUT2D eigenvalue weighted by Gasteiger charge is 2.33. The molecule has 0 atom stereocenters. The Labute approximate surface area is 84.1 Å². The number of halogens is 4. The number of pyridine rings is 1. The van der Waals surface area contributed by atoms with Crippen LogP contribution in [-0.4, -0.2) is 11.5 Å². The van der Waals surface area contributed by atoms with Crippen LogP contribution >= 0.6 is 11.6 Å². The molecule has 0 saturated heterocycles. The number of hydrogen-bond donors (Lipinski definition) is 1. The third-order valence-electron chi connectivity index (χ3n) is 1.51. The summed E-state index contributed by atoms with van der Waals surface area (Å²) in [6, 6.07) is 2.16. The highest BCUT2D eigenvalue weighted by atomic mass is 35.5. The van der Waals surface area contributed by atoms with Gasteiger partial charge in [0.25, 0.3) is 0 Å². The van der Waals surface area contributed by atoms with E-state index in [1.807, 2.05) is 6.92 Å². The second-order valence-corrected chi connectivity index (χ2v) is 2.92. The number of nitrogens with zero attached hydrogens (tertiary/aromatic N) is 1. The molecule has 1 rings (SSSR count). The van der Waals surface area contributed by atoms with Gasteiger partial charge in [-0.25, -0.2) is 4.98 Å². The van der Waals surface area contributed by atoms with Crippen LogP contribution < -0.4 is 5.32 Å². The van der Waals surface area contributed by atoms with Crippen LogP contribution in [0.3, 0.4) is 0 Å². The van der Waals surface area contributed by atoms with Gasteiger partial charge in [0.2, 0.25) is 0 Å². The Morgan fingerprint density at radius 3 is 2.50 bits per heavy atom. The van der Waals surface area contributed by atoms with Gasteiger partial charge in [0, 0.05) is 6.54 Å². The standard InChI is InChI=1S/C8H8ClF3N2/c1-2-13-6-4-3-5(7(9)14-6)8(10,11)12/h3-4H,2H2,1H3,(H,13,14). The molecule has 1 N–H and O–H groups in total. The monoisotopic (exact) mass is 224 g/mol. The maximum atomic E-state index is 12.2. The van der Waals surface area contributed by atoms with Crippen molar-refractivity contribution in [3.8, 4) is 0 Å².